The number of Topliss-reactive ketones (excluding diaryl/α,β-unsaturated/α-hetero) is 1. The molecule has 0 fully saturated rings. The zero-order chi connectivity index (χ0) is 15.0. The fourth-order valence-corrected chi connectivity index (χ4v) is 3.13. The Morgan fingerprint density at radius 3 is 2.76 bits per heavy atom. The molecule has 3 nitrogen and oxygen atoms in total. The van der Waals surface area contributed by atoms with Gasteiger partial charge in [0.15, 0.2) is 5.78 Å². The number of rotatable bonds is 3. The van der Waals surface area contributed by atoms with Crippen molar-refractivity contribution in [3.8, 4) is 0 Å². The molecule has 0 amide bonds. The van der Waals surface area contributed by atoms with Crippen LogP contribution in [0.25, 0.3) is 0 Å². The number of fused-ring (bicyclic) bond motifs is 1. The molecule has 0 aliphatic heterocycles. The van der Waals surface area contributed by atoms with Gasteiger partial charge < -0.3 is 0 Å². The Balaban J connectivity index is 2.05. The summed E-state index contributed by atoms with van der Waals surface area (Å²) in [6.45, 7) is 4.80. The monoisotopic (exact) mass is 302 g/mol. The summed E-state index contributed by atoms with van der Waals surface area (Å²) in [5, 5.41) is 5.46. The Morgan fingerprint density at radius 2 is 2.05 bits per heavy atom. The summed E-state index contributed by atoms with van der Waals surface area (Å²) in [7, 11) is 0. The second kappa shape index (κ2) is 5.64. The van der Waals surface area contributed by atoms with E-state index in [4.69, 9.17) is 16.7 Å². The molecule has 110 valence electrons. The maximum Gasteiger partial charge on any atom is 0.166 e. The van der Waals surface area contributed by atoms with Crippen LogP contribution in [-0.2, 0) is 13.0 Å². The molecule has 2 aromatic rings. The molecular formula is C17H19ClN2O. The highest BCUT2D eigenvalue weighted by Gasteiger charge is 2.28. The molecule has 0 radical (unpaired) electrons. The number of aromatic nitrogens is 2. The zero-order valence-electron chi connectivity index (χ0n) is 12.4. The summed E-state index contributed by atoms with van der Waals surface area (Å²) in [6, 6.07) is 7.80. The number of hydrogen-bond donors (Lipinski definition) is 0. The van der Waals surface area contributed by atoms with Crippen LogP contribution >= 0.6 is 11.6 Å². The highest BCUT2D eigenvalue weighted by Crippen LogP contribution is 2.29. The van der Waals surface area contributed by atoms with Crippen LogP contribution in [0.1, 0.15) is 59.9 Å². The van der Waals surface area contributed by atoms with E-state index in [2.05, 4.69) is 13.8 Å². The number of ketones is 1. The molecule has 0 unspecified atom stereocenters. The molecule has 1 aliphatic rings. The summed E-state index contributed by atoms with van der Waals surface area (Å²) in [4.78, 5) is 12.3. The van der Waals surface area contributed by atoms with Crippen molar-refractivity contribution in [1.82, 2.24) is 9.78 Å². The predicted octanol–water partition coefficient (Wildman–Crippen LogP) is 4.23. The van der Waals surface area contributed by atoms with Crippen LogP contribution in [-0.4, -0.2) is 15.6 Å². The van der Waals surface area contributed by atoms with Crippen molar-refractivity contribution < 1.29 is 4.79 Å². The van der Waals surface area contributed by atoms with Gasteiger partial charge in [-0.1, -0.05) is 43.6 Å². The van der Waals surface area contributed by atoms with E-state index in [1.165, 1.54) is 0 Å². The molecule has 0 N–H and O–H groups in total. The molecule has 0 spiro atoms. The van der Waals surface area contributed by atoms with Crippen molar-refractivity contribution in [1.29, 1.82) is 0 Å². The number of hydrogen-bond acceptors (Lipinski definition) is 2. The van der Waals surface area contributed by atoms with E-state index in [0.717, 1.165) is 40.4 Å². The van der Waals surface area contributed by atoms with Gasteiger partial charge in [-0.15, -0.1) is 0 Å². The highest BCUT2D eigenvalue weighted by atomic mass is 35.5. The molecule has 1 aliphatic carbocycles. The Hall–Kier alpha value is -1.61. The maximum absolute atomic E-state index is 12.3. The zero-order valence-corrected chi connectivity index (χ0v) is 13.2. The number of carbonyl (C=O) groups excluding carboxylic acids is 1. The fraction of sp³-hybridized carbons (Fsp3) is 0.412. The lowest BCUT2D eigenvalue weighted by Crippen LogP contribution is -2.15. The molecule has 1 aromatic heterocycles. The topological polar surface area (TPSA) is 34.9 Å². The van der Waals surface area contributed by atoms with Crippen molar-refractivity contribution in [3.05, 3.63) is 51.8 Å². The van der Waals surface area contributed by atoms with Crippen LogP contribution in [0.4, 0.5) is 0 Å². The number of carbonyl (C=O) groups is 1. The van der Waals surface area contributed by atoms with Gasteiger partial charge in [0.25, 0.3) is 0 Å². The van der Waals surface area contributed by atoms with E-state index in [-0.39, 0.29) is 11.7 Å². The molecule has 0 bridgehead atoms. The van der Waals surface area contributed by atoms with Crippen molar-refractivity contribution in [3.63, 3.8) is 0 Å². The van der Waals surface area contributed by atoms with Gasteiger partial charge in [0.1, 0.15) is 0 Å². The van der Waals surface area contributed by atoms with E-state index in [9.17, 15) is 4.79 Å². The Kier molecular flexibility index (Phi) is 3.85. The van der Waals surface area contributed by atoms with E-state index in [1.54, 1.807) is 0 Å². The van der Waals surface area contributed by atoms with Gasteiger partial charge in [0.2, 0.25) is 0 Å². The van der Waals surface area contributed by atoms with Crippen LogP contribution in [0, 0.1) is 0 Å². The van der Waals surface area contributed by atoms with Crippen molar-refractivity contribution in [2.24, 2.45) is 0 Å². The minimum atomic E-state index is 0.241. The van der Waals surface area contributed by atoms with Crippen LogP contribution < -0.4 is 0 Å². The first-order valence-electron chi connectivity index (χ1n) is 7.44. The lowest BCUT2D eigenvalue weighted by Gasteiger charge is -2.14. The lowest BCUT2D eigenvalue weighted by atomic mass is 9.91. The summed E-state index contributed by atoms with van der Waals surface area (Å²) in [5.74, 6) is 0.499. The summed E-state index contributed by atoms with van der Waals surface area (Å²) in [5.41, 5.74) is 3.91. The standard InChI is InChI=1S/C17H19ClN2O/c1-11(2)17-16-14(8-5-9-15(16)21)20(19-17)10-12-6-3-4-7-13(12)18/h3-4,6-7,11H,5,8-10H2,1-2H3. The highest BCUT2D eigenvalue weighted by molar-refractivity contribution is 6.31. The molecule has 1 aromatic carbocycles. The Bertz CT molecular complexity index is 688. The fourth-order valence-electron chi connectivity index (χ4n) is 2.94. The average molecular weight is 303 g/mol. The van der Waals surface area contributed by atoms with Crippen LogP contribution in [0.15, 0.2) is 24.3 Å². The van der Waals surface area contributed by atoms with Crippen LogP contribution in [0.5, 0.6) is 0 Å². The SMILES string of the molecule is CC(C)c1nn(Cc2ccccc2Cl)c2c1C(=O)CCC2. The first kappa shape index (κ1) is 14.3. The largest absolute Gasteiger partial charge is 0.294 e. The molecule has 3 rings (SSSR count). The number of benzene rings is 1. The normalized spacial score (nSPS) is 14.6. The van der Waals surface area contributed by atoms with Gasteiger partial charge in [-0.2, -0.15) is 5.10 Å². The van der Waals surface area contributed by atoms with Crippen LogP contribution in [0.2, 0.25) is 5.02 Å². The maximum atomic E-state index is 12.3. The van der Waals surface area contributed by atoms with E-state index in [0.29, 0.717) is 13.0 Å². The molecule has 0 atom stereocenters. The van der Waals surface area contributed by atoms with E-state index >= 15 is 0 Å². The smallest absolute Gasteiger partial charge is 0.166 e. The Morgan fingerprint density at radius 1 is 1.29 bits per heavy atom. The van der Waals surface area contributed by atoms with Gasteiger partial charge in [-0.3, -0.25) is 9.48 Å². The van der Waals surface area contributed by atoms with E-state index < -0.39 is 0 Å². The second-order valence-electron chi connectivity index (χ2n) is 5.89. The number of nitrogens with zero attached hydrogens (tertiary/aromatic N) is 2. The third-order valence-corrected chi connectivity index (χ3v) is 4.37. The molecular weight excluding hydrogens is 284 g/mol. The summed E-state index contributed by atoms with van der Waals surface area (Å²) >= 11 is 6.25. The van der Waals surface area contributed by atoms with Gasteiger partial charge in [0.05, 0.1) is 17.8 Å². The molecule has 0 saturated carbocycles. The second-order valence-corrected chi connectivity index (χ2v) is 6.29. The third-order valence-electron chi connectivity index (χ3n) is 4.01. The van der Waals surface area contributed by atoms with Crippen molar-refractivity contribution in [2.45, 2.75) is 45.6 Å². The van der Waals surface area contributed by atoms with Gasteiger partial charge >= 0.3 is 0 Å². The quantitative estimate of drug-likeness (QED) is 0.850. The molecule has 21 heavy (non-hydrogen) atoms. The van der Waals surface area contributed by atoms with Gasteiger partial charge in [0, 0.05) is 17.1 Å². The predicted molar refractivity (Wildman–Crippen MR) is 84.1 cm³/mol. The lowest BCUT2D eigenvalue weighted by molar-refractivity contribution is 0.0970. The Labute approximate surface area is 129 Å². The summed E-state index contributed by atoms with van der Waals surface area (Å²) < 4.78 is 1.98. The first-order chi connectivity index (χ1) is 10.1. The van der Waals surface area contributed by atoms with E-state index in [1.807, 2.05) is 28.9 Å². The van der Waals surface area contributed by atoms with Crippen LogP contribution in [0.3, 0.4) is 0 Å². The first-order valence-corrected chi connectivity index (χ1v) is 7.82. The molecule has 1 heterocycles. The average Bonchev–Trinajstić information content (AvgIpc) is 2.82. The minimum absolute atomic E-state index is 0.241. The number of halogens is 1. The van der Waals surface area contributed by atoms with Crippen molar-refractivity contribution in [2.75, 3.05) is 0 Å². The molecule has 4 heteroatoms. The summed E-state index contributed by atoms with van der Waals surface area (Å²) in [6.07, 6.45) is 2.48. The third kappa shape index (κ3) is 2.62. The molecule has 0 saturated heterocycles. The van der Waals surface area contributed by atoms with Gasteiger partial charge in [-0.25, -0.2) is 0 Å². The van der Waals surface area contributed by atoms with Gasteiger partial charge in [-0.05, 0) is 30.4 Å². The van der Waals surface area contributed by atoms with Crippen molar-refractivity contribution >= 4 is 17.4 Å². The minimum Gasteiger partial charge on any atom is -0.294 e.